The van der Waals surface area contributed by atoms with Crippen LogP contribution in [0.4, 0.5) is 0 Å². The van der Waals surface area contributed by atoms with E-state index in [-0.39, 0.29) is 5.25 Å². The summed E-state index contributed by atoms with van der Waals surface area (Å²) in [6, 6.07) is 9.08. The maximum absolute atomic E-state index is 13.0. The molecule has 0 aliphatic heterocycles. The summed E-state index contributed by atoms with van der Waals surface area (Å²) in [5.74, 6) is 2.48. The molecule has 0 radical (unpaired) electrons. The highest BCUT2D eigenvalue weighted by molar-refractivity contribution is 7.92. The molecule has 0 aromatic heterocycles. The Hall–Kier alpha value is -1.09. The summed E-state index contributed by atoms with van der Waals surface area (Å²) >= 11 is 0. The minimum atomic E-state index is -3.16. The van der Waals surface area contributed by atoms with Crippen molar-refractivity contribution >= 4 is 9.84 Å². The lowest BCUT2D eigenvalue weighted by atomic mass is 9.82. The molecule has 4 aliphatic rings. The Kier molecular flexibility index (Phi) is 2.38. The standard InChI is InChI=1S/C18H20O2S/c19-21(20,14-4-2-1-3-5-14)16-10-13-9-15(16)18-12-7-6-11(8-12)17(13)18/h1-5,11-13,15-16H,6-10H2/t11-,12-,13-,15+,16-/m1/s1. The summed E-state index contributed by atoms with van der Waals surface area (Å²) in [6.07, 6.45) is 6.00. The van der Waals surface area contributed by atoms with Crippen molar-refractivity contribution in [2.45, 2.75) is 42.2 Å². The van der Waals surface area contributed by atoms with Crippen LogP contribution in [0.15, 0.2) is 46.4 Å². The summed E-state index contributed by atoms with van der Waals surface area (Å²) in [5.41, 5.74) is 3.32. The molecule has 4 aliphatic carbocycles. The average molecular weight is 300 g/mol. The lowest BCUT2D eigenvalue weighted by Gasteiger charge is -2.29. The highest BCUT2D eigenvalue weighted by atomic mass is 32.2. The predicted octanol–water partition coefficient (Wildman–Crippen LogP) is 3.60. The van der Waals surface area contributed by atoms with E-state index in [1.165, 1.54) is 19.3 Å². The van der Waals surface area contributed by atoms with Crippen molar-refractivity contribution in [2.24, 2.45) is 23.7 Å². The highest BCUT2D eigenvalue weighted by Crippen LogP contribution is 2.64. The van der Waals surface area contributed by atoms with Crippen molar-refractivity contribution in [1.29, 1.82) is 0 Å². The third kappa shape index (κ3) is 1.51. The molecule has 1 aromatic carbocycles. The molecule has 0 unspecified atom stereocenters. The topological polar surface area (TPSA) is 34.1 Å². The van der Waals surface area contributed by atoms with E-state index in [0.717, 1.165) is 24.7 Å². The average Bonchev–Trinajstić information content (AvgIpc) is 3.26. The number of rotatable bonds is 2. The van der Waals surface area contributed by atoms with Gasteiger partial charge in [0.25, 0.3) is 0 Å². The fraction of sp³-hybridized carbons (Fsp3) is 0.556. The molecule has 0 saturated heterocycles. The second-order valence-electron chi connectivity index (χ2n) is 7.29. The van der Waals surface area contributed by atoms with Gasteiger partial charge in [0.05, 0.1) is 10.1 Å². The van der Waals surface area contributed by atoms with Crippen LogP contribution in [-0.4, -0.2) is 13.7 Å². The number of fused-ring (bicyclic) bond motifs is 8. The van der Waals surface area contributed by atoms with Gasteiger partial charge in [-0.2, -0.15) is 0 Å². The maximum Gasteiger partial charge on any atom is 0.181 e. The van der Waals surface area contributed by atoms with Gasteiger partial charge in [-0.3, -0.25) is 0 Å². The Bertz CT molecular complexity index is 732. The van der Waals surface area contributed by atoms with Gasteiger partial charge in [-0.25, -0.2) is 8.42 Å². The van der Waals surface area contributed by atoms with Crippen molar-refractivity contribution in [1.82, 2.24) is 0 Å². The minimum absolute atomic E-state index is 0.150. The normalized spacial score (nSPS) is 40.1. The number of sulfone groups is 1. The molecule has 0 N–H and O–H groups in total. The lowest BCUT2D eigenvalue weighted by Crippen LogP contribution is -2.30. The third-order valence-corrected chi connectivity index (χ3v) is 8.71. The molecule has 0 spiro atoms. The van der Waals surface area contributed by atoms with Crippen LogP contribution in [0.1, 0.15) is 32.1 Å². The molecule has 2 fully saturated rings. The van der Waals surface area contributed by atoms with Crippen LogP contribution in [0.3, 0.4) is 0 Å². The first-order chi connectivity index (χ1) is 10.2. The molecule has 2 saturated carbocycles. The molecule has 1 aromatic rings. The maximum atomic E-state index is 13.0. The fourth-order valence-corrected chi connectivity index (χ4v) is 7.87. The Morgan fingerprint density at radius 3 is 2.29 bits per heavy atom. The molecule has 110 valence electrons. The van der Waals surface area contributed by atoms with Crippen molar-refractivity contribution in [2.75, 3.05) is 0 Å². The molecule has 3 heteroatoms. The summed E-state index contributed by atoms with van der Waals surface area (Å²) in [4.78, 5) is 0.521. The molecule has 4 bridgehead atoms. The number of benzene rings is 1. The summed E-state index contributed by atoms with van der Waals surface area (Å²) in [5, 5.41) is -0.150. The van der Waals surface area contributed by atoms with Crippen LogP contribution in [0.25, 0.3) is 0 Å². The van der Waals surface area contributed by atoms with E-state index in [0.29, 0.717) is 16.7 Å². The van der Waals surface area contributed by atoms with E-state index in [4.69, 9.17) is 0 Å². The van der Waals surface area contributed by atoms with E-state index in [9.17, 15) is 8.42 Å². The predicted molar refractivity (Wildman–Crippen MR) is 81.5 cm³/mol. The van der Waals surface area contributed by atoms with Crippen LogP contribution < -0.4 is 0 Å². The van der Waals surface area contributed by atoms with E-state index in [2.05, 4.69) is 0 Å². The van der Waals surface area contributed by atoms with Gasteiger partial charge in [-0.15, -0.1) is 0 Å². The lowest BCUT2D eigenvalue weighted by molar-refractivity contribution is 0.507. The minimum Gasteiger partial charge on any atom is -0.223 e. The first kappa shape index (κ1) is 12.5. The zero-order valence-corrected chi connectivity index (χ0v) is 12.9. The number of hydrogen-bond acceptors (Lipinski definition) is 2. The van der Waals surface area contributed by atoms with E-state index in [1.54, 1.807) is 23.3 Å². The zero-order valence-electron chi connectivity index (χ0n) is 12.0. The van der Waals surface area contributed by atoms with Crippen molar-refractivity contribution in [3.63, 3.8) is 0 Å². The summed E-state index contributed by atoms with van der Waals surface area (Å²) in [6.45, 7) is 0. The Morgan fingerprint density at radius 1 is 0.810 bits per heavy atom. The van der Waals surface area contributed by atoms with Crippen LogP contribution in [0.5, 0.6) is 0 Å². The molecular weight excluding hydrogens is 280 g/mol. The largest absolute Gasteiger partial charge is 0.223 e. The molecule has 5 rings (SSSR count). The first-order valence-electron chi connectivity index (χ1n) is 8.19. The molecule has 2 nitrogen and oxygen atoms in total. The third-order valence-electron chi connectivity index (χ3n) is 6.46. The van der Waals surface area contributed by atoms with Crippen LogP contribution in [-0.2, 0) is 9.84 Å². The van der Waals surface area contributed by atoms with Crippen molar-refractivity contribution < 1.29 is 8.42 Å². The van der Waals surface area contributed by atoms with Gasteiger partial charge in [0.2, 0.25) is 0 Å². The summed E-state index contributed by atoms with van der Waals surface area (Å²) in [7, 11) is -3.16. The van der Waals surface area contributed by atoms with Crippen molar-refractivity contribution in [3.05, 3.63) is 41.5 Å². The van der Waals surface area contributed by atoms with Gasteiger partial charge in [0, 0.05) is 0 Å². The van der Waals surface area contributed by atoms with Crippen LogP contribution >= 0.6 is 0 Å². The molecule has 0 amide bonds. The van der Waals surface area contributed by atoms with E-state index >= 15 is 0 Å². The van der Waals surface area contributed by atoms with E-state index in [1.807, 2.05) is 18.2 Å². The van der Waals surface area contributed by atoms with E-state index < -0.39 is 9.84 Å². The monoisotopic (exact) mass is 300 g/mol. The Labute approximate surface area is 126 Å². The molecule has 21 heavy (non-hydrogen) atoms. The summed E-state index contributed by atoms with van der Waals surface area (Å²) < 4.78 is 26.0. The molecule has 0 heterocycles. The van der Waals surface area contributed by atoms with Crippen molar-refractivity contribution in [3.8, 4) is 0 Å². The Morgan fingerprint density at radius 2 is 1.52 bits per heavy atom. The highest BCUT2D eigenvalue weighted by Gasteiger charge is 2.57. The van der Waals surface area contributed by atoms with Gasteiger partial charge >= 0.3 is 0 Å². The van der Waals surface area contributed by atoms with Crippen LogP contribution in [0, 0.1) is 23.7 Å². The van der Waals surface area contributed by atoms with Gasteiger partial charge in [0.15, 0.2) is 9.84 Å². The zero-order chi connectivity index (χ0) is 14.2. The first-order valence-corrected chi connectivity index (χ1v) is 9.73. The van der Waals surface area contributed by atoms with Gasteiger partial charge in [-0.05, 0) is 67.9 Å². The smallest absolute Gasteiger partial charge is 0.181 e. The molecular formula is C18H20O2S. The van der Waals surface area contributed by atoms with Gasteiger partial charge in [0.1, 0.15) is 0 Å². The number of hydrogen-bond donors (Lipinski definition) is 0. The molecule has 5 atom stereocenters. The quantitative estimate of drug-likeness (QED) is 0.618. The second-order valence-corrected chi connectivity index (χ2v) is 9.46. The second kappa shape index (κ2) is 4.01. The fourth-order valence-electron chi connectivity index (χ4n) is 5.81. The SMILES string of the molecule is O=S(=O)(c1ccccc1)[C@@H]1C[C@H]2C[C@@H]1C1=C2[C@@H]2CC[C@@H]1C2. The number of allylic oxidation sites excluding steroid dienone is 2. The van der Waals surface area contributed by atoms with Crippen LogP contribution in [0.2, 0.25) is 0 Å². The Balaban J connectivity index is 1.56. The van der Waals surface area contributed by atoms with Gasteiger partial charge in [-0.1, -0.05) is 29.3 Å². The van der Waals surface area contributed by atoms with Gasteiger partial charge < -0.3 is 0 Å².